The number of piperazine rings is 1. The van der Waals surface area contributed by atoms with Gasteiger partial charge in [0.2, 0.25) is 0 Å². The number of rotatable bonds is 4. The van der Waals surface area contributed by atoms with E-state index in [-0.39, 0.29) is 23.4 Å². The number of anilines is 1. The topological polar surface area (TPSA) is 61.8 Å². The summed E-state index contributed by atoms with van der Waals surface area (Å²) in [6, 6.07) is 9.58. The molecular formula is C16H23BrN4O2+2. The van der Waals surface area contributed by atoms with Crippen molar-refractivity contribution in [1.82, 2.24) is 0 Å². The number of aliphatic hydroxyl groups excluding tert-OH is 1. The first-order valence-corrected chi connectivity index (χ1v) is 8.98. The summed E-state index contributed by atoms with van der Waals surface area (Å²) in [5.41, 5.74) is 0.795. The third-order valence-electron chi connectivity index (χ3n) is 4.64. The zero-order valence-electron chi connectivity index (χ0n) is 13.0. The maximum atomic E-state index is 12.7. The highest BCUT2D eigenvalue weighted by Crippen LogP contribution is 2.20. The van der Waals surface area contributed by atoms with Gasteiger partial charge >= 0.3 is 0 Å². The zero-order chi connectivity index (χ0) is 16.2. The van der Waals surface area contributed by atoms with Crippen LogP contribution in [0.5, 0.6) is 0 Å². The highest BCUT2D eigenvalue weighted by atomic mass is 79.9. The van der Waals surface area contributed by atoms with Crippen LogP contribution in [0.15, 0.2) is 35.4 Å². The van der Waals surface area contributed by atoms with E-state index < -0.39 is 0 Å². The molecule has 1 fully saturated rings. The van der Waals surface area contributed by atoms with Crippen molar-refractivity contribution in [2.24, 2.45) is 5.10 Å². The molecule has 23 heavy (non-hydrogen) atoms. The summed E-state index contributed by atoms with van der Waals surface area (Å²) < 4.78 is 0. The number of para-hydroxylation sites is 1. The lowest BCUT2D eigenvalue weighted by Crippen LogP contribution is -3.30. The quantitative estimate of drug-likeness (QED) is 0.523. The number of alkyl halides is 1. The maximum Gasteiger partial charge on any atom is 0.267 e. The molecule has 6 nitrogen and oxygen atoms in total. The lowest BCUT2D eigenvalue weighted by Gasteiger charge is -2.37. The molecule has 0 saturated carbocycles. The number of carbonyl (C=O) groups is 1. The lowest BCUT2D eigenvalue weighted by molar-refractivity contribution is -1.02. The van der Waals surface area contributed by atoms with Crippen LogP contribution >= 0.6 is 15.9 Å². The number of quaternary nitrogens is 2. The number of nitrogens with zero attached hydrogens (tertiary/aromatic N) is 2. The molecule has 2 aliphatic heterocycles. The second-order valence-electron chi connectivity index (χ2n) is 6.06. The number of hydrogen-bond donors (Lipinski definition) is 3. The van der Waals surface area contributed by atoms with Gasteiger partial charge in [0.1, 0.15) is 38.8 Å². The Balaban J connectivity index is 1.68. The molecule has 3 N–H and O–H groups in total. The molecule has 7 heteroatoms. The largest absolute Gasteiger partial charge is 0.391 e. The summed E-state index contributed by atoms with van der Waals surface area (Å²) in [4.78, 5) is 15.2. The molecule has 0 unspecified atom stereocenters. The van der Waals surface area contributed by atoms with Gasteiger partial charge in [0.15, 0.2) is 4.83 Å². The smallest absolute Gasteiger partial charge is 0.267 e. The Morgan fingerprint density at radius 2 is 1.91 bits per heavy atom. The minimum absolute atomic E-state index is 0.0127. The van der Waals surface area contributed by atoms with Gasteiger partial charge in [0.05, 0.1) is 18.5 Å². The van der Waals surface area contributed by atoms with Gasteiger partial charge in [-0.05, 0) is 12.1 Å². The van der Waals surface area contributed by atoms with Crippen LogP contribution in [0.2, 0.25) is 0 Å². The first-order chi connectivity index (χ1) is 11.2. The summed E-state index contributed by atoms with van der Waals surface area (Å²) in [5, 5.41) is 14.9. The van der Waals surface area contributed by atoms with E-state index in [9.17, 15) is 4.79 Å². The van der Waals surface area contributed by atoms with Crippen molar-refractivity contribution in [3.8, 4) is 0 Å². The fourth-order valence-corrected chi connectivity index (χ4v) is 3.99. The van der Waals surface area contributed by atoms with Crippen LogP contribution < -0.4 is 14.8 Å². The molecule has 124 valence electrons. The van der Waals surface area contributed by atoms with Crippen molar-refractivity contribution in [3.63, 3.8) is 0 Å². The van der Waals surface area contributed by atoms with Crippen LogP contribution in [0.4, 0.5) is 5.69 Å². The average Bonchev–Trinajstić information content (AvgIpc) is 2.59. The lowest BCUT2D eigenvalue weighted by atomic mass is 10.1. The summed E-state index contributed by atoms with van der Waals surface area (Å²) >= 11 is 3.59. The molecule has 0 bridgehead atoms. The van der Waals surface area contributed by atoms with Crippen LogP contribution in [0.3, 0.4) is 0 Å². The Bertz CT molecular complexity index is 560. The van der Waals surface area contributed by atoms with Gasteiger partial charge in [0, 0.05) is 0 Å². The van der Waals surface area contributed by atoms with Crippen LogP contribution in [0.25, 0.3) is 0 Å². The van der Waals surface area contributed by atoms with Crippen LogP contribution in [0.1, 0.15) is 0 Å². The summed E-state index contributed by atoms with van der Waals surface area (Å²) in [6.45, 7) is 5.08. The number of carbonyl (C=O) groups excluding carboxylic acids is 1. The minimum atomic E-state index is -0.255. The fraction of sp³-hybridized carbons (Fsp3) is 0.500. The van der Waals surface area contributed by atoms with E-state index in [0.717, 1.165) is 38.4 Å². The number of nitrogens with one attached hydrogen (secondary N) is 2. The monoisotopic (exact) mass is 382 g/mol. The summed E-state index contributed by atoms with van der Waals surface area (Å²) in [6.07, 6.45) is 1.90. The average molecular weight is 383 g/mol. The fourth-order valence-electron chi connectivity index (χ4n) is 3.28. The number of hydrazone groups is 1. The van der Waals surface area contributed by atoms with E-state index in [2.05, 4.69) is 21.0 Å². The molecule has 3 rings (SSSR count). The van der Waals surface area contributed by atoms with Gasteiger partial charge in [-0.1, -0.05) is 34.1 Å². The highest BCUT2D eigenvalue weighted by Gasteiger charge is 2.41. The number of hydrogen-bond acceptors (Lipinski definition) is 3. The first-order valence-electron chi connectivity index (χ1n) is 8.07. The standard InChI is InChI=1S/C16H21BrN4O2/c17-15-14(20-8-6-19(7-9-20)10-11-22)12-18-21(16(15)23)13-4-2-1-3-5-13/h1-5,12,14-15,22H,6-11H2/p+2/t14-,15-/m1/s1. The Labute approximate surface area is 144 Å². The molecule has 0 radical (unpaired) electrons. The Kier molecular flexibility index (Phi) is 5.42. The second-order valence-corrected chi connectivity index (χ2v) is 7.05. The molecule has 0 spiro atoms. The third kappa shape index (κ3) is 3.63. The summed E-state index contributed by atoms with van der Waals surface area (Å²) in [5.74, 6) is -0.0127. The van der Waals surface area contributed by atoms with Gasteiger partial charge < -0.3 is 14.9 Å². The number of aliphatic hydroxyl groups is 1. The molecule has 2 heterocycles. The molecule has 2 aliphatic rings. The van der Waals surface area contributed by atoms with Crippen LogP contribution in [-0.2, 0) is 4.79 Å². The molecular weight excluding hydrogens is 360 g/mol. The number of benzene rings is 1. The van der Waals surface area contributed by atoms with Gasteiger partial charge in [-0.2, -0.15) is 10.1 Å². The Morgan fingerprint density at radius 1 is 1.22 bits per heavy atom. The first kappa shape index (κ1) is 16.6. The SMILES string of the molecule is O=C1[C@H](Br)[C@H]([NH+]2CC[NH+](CCO)CC2)C=NN1c1ccccc1. The normalized spacial score (nSPS) is 31.4. The maximum absolute atomic E-state index is 12.7. The van der Waals surface area contributed by atoms with Crippen LogP contribution in [-0.4, -0.2) is 67.4 Å². The van der Waals surface area contributed by atoms with Crippen molar-refractivity contribution in [3.05, 3.63) is 30.3 Å². The van der Waals surface area contributed by atoms with E-state index in [1.165, 1.54) is 14.8 Å². The van der Waals surface area contributed by atoms with Crippen molar-refractivity contribution >= 4 is 33.7 Å². The molecule has 1 saturated heterocycles. The van der Waals surface area contributed by atoms with E-state index in [4.69, 9.17) is 5.11 Å². The van der Waals surface area contributed by atoms with Crippen molar-refractivity contribution in [2.45, 2.75) is 10.9 Å². The van der Waals surface area contributed by atoms with Gasteiger partial charge in [-0.25, -0.2) is 0 Å². The predicted octanol–water partition coefficient (Wildman–Crippen LogP) is -2.07. The number of amides is 1. The molecule has 1 aromatic rings. The zero-order valence-corrected chi connectivity index (χ0v) is 14.6. The Hall–Kier alpha value is -1.28. The Morgan fingerprint density at radius 3 is 2.57 bits per heavy atom. The predicted molar refractivity (Wildman–Crippen MR) is 92.3 cm³/mol. The second kappa shape index (κ2) is 7.53. The van der Waals surface area contributed by atoms with E-state index in [1.807, 2.05) is 36.5 Å². The van der Waals surface area contributed by atoms with Gasteiger partial charge in [-0.15, -0.1) is 0 Å². The number of halogens is 1. The third-order valence-corrected chi connectivity index (χ3v) is 5.60. The molecule has 1 amide bonds. The molecule has 0 aliphatic carbocycles. The van der Waals surface area contributed by atoms with Crippen molar-refractivity contribution in [2.75, 3.05) is 44.3 Å². The van der Waals surface area contributed by atoms with E-state index in [0.29, 0.717) is 0 Å². The van der Waals surface area contributed by atoms with Crippen LogP contribution in [0, 0.1) is 0 Å². The van der Waals surface area contributed by atoms with E-state index in [1.54, 1.807) is 0 Å². The molecule has 1 aromatic carbocycles. The molecule has 0 aromatic heterocycles. The van der Waals surface area contributed by atoms with Gasteiger partial charge in [-0.3, -0.25) is 4.79 Å². The van der Waals surface area contributed by atoms with Gasteiger partial charge in [0.25, 0.3) is 5.91 Å². The summed E-state index contributed by atoms with van der Waals surface area (Å²) in [7, 11) is 0. The highest BCUT2D eigenvalue weighted by molar-refractivity contribution is 9.10. The van der Waals surface area contributed by atoms with Crippen molar-refractivity contribution in [1.29, 1.82) is 0 Å². The molecule has 2 atom stereocenters. The van der Waals surface area contributed by atoms with Crippen molar-refractivity contribution < 1.29 is 19.7 Å². The van der Waals surface area contributed by atoms with E-state index >= 15 is 0 Å². The minimum Gasteiger partial charge on any atom is -0.391 e.